The molecule has 0 atom stereocenters. The van der Waals surface area contributed by atoms with Crippen molar-refractivity contribution in [3.05, 3.63) is 29.3 Å². The normalized spacial score (nSPS) is 20.2. The smallest absolute Gasteiger partial charge is 0.214 e. The maximum Gasteiger partial charge on any atom is 0.214 e. The summed E-state index contributed by atoms with van der Waals surface area (Å²) in [7, 11) is -3.21. The molecule has 0 aliphatic carbocycles. The van der Waals surface area contributed by atoms with Crippen molar-refractivity contribution in [3.8, 4) is 5.75 Å². The molecule has 0 spiro atoms. The van der Waals surface area contributed by atoms with Crippen LogP contribution in [0.3, 0.4) is 0 Å². The summed E-state index contributed by atoms with van der Waals surface area (Å²) in [5.74, 6) is 0.991. The fourth-order valence-corrected chi connectivity index (χ4v) is 4.63. The van der Waals surface area contributed by atoms with Crippen LogP contribution in [0, 0.1) is 0 Å². The third kappa shape index (κ3) is 4.27. The predicted octanol–water partition coefficient (Wildman–Crippen LogP) is 1.45. The summed E-state index contributed by atoms with van der Waals surface area (Å²) in [6, 6.07) is 6.14. The molecule has 1 fully saturated rings. The van der Waals surface area contributed by atoms with Crippen molar-refractivity contribution in [2.75, 3.05) is 45.2 Å². The Hall–Kier alpha value is -1.15. The van der Waals surface area contributed by atoms with E-state index in [0.29, 0.717) is 26.1 Å². The van der Waals surface area contributed by atoms with Gasteiger partial charge in [0.2, 0.25) is 10.0 Å². The Bertz CT molecular complexity index is 657. The number of ether oxygens (including phenoxy) is 2. The Morgan fingerprint density at radius 3 is 2.67 bits per heavy atom. The predicted molar refractivity (Wildman–Crippen MR) is 92.5 cm³/mol. The van der Waals surface area contributed by atoms with Crippen molar-refractivity contribution in [3.63, 3.8) is 0 Å². The SMILES string of the molecule is CCCS(=O)(=O)N1CCOc2ccc(CN3CCOCC3)cc2C1. The van der Waals surface area contributed by atoms with E-state index in [1.165, 1.54) is 5.56 Å². The van der Waals surface area contributed by atoms with Crippen molar-refractivity contribution in [1.82, 2.24) is 9.21 Å². The Balaban J connectivity index is 1.76. The number of fused-ring (bicyclic) bond motifs is 1. The Kier molecular flexibility index (Phi) is 5.76. The van der Waals surface area contributed by atoms with E-state index in [0.717, 1.165) is 44.2 Å². The number of hydrogen-bond donors (Lipinski definition) is 0. The van der Waals surface area contributed by atoms with Crippen LogP contribution in [0.5, 0.6) is 5.75 Å². The zero-order chi connectivity index (χ0) is 17.0. The monoisotopic (exact) mass is 354 g/mol. The first kappa shape index (κ1) is 17.7. The quantitative estimate of drug-likeness (QED) is 0.801. The van der Waals surface area contributed by atoms with Crippen molar-refractivity contribution in [2.45, 2.75) is 26.4 Å². The molecule has 0 unspecified atom stereocenters. The molecule has 24 heavy (non-hydrogen) atoms. The Morgan fingerprint density at radius 1 is 1.12 bits per heavy atom. The lowest BCUT2D eigenvalue weighted by molar-refractivity contribution is 0.0342. The third-order valence-electron chi connectivity index (χ3n) is 4.44. The molecule has 1 aromatic carbocycles. The molecule has 0 saturated carbocycles. The molecule has 1 saturated heterocycles. The van der Waals surface area contributed by atoms with Gasteiger partial charge in [-0.2, -0.15) is 4.31 Å². The number of hydrogen-bond acceptors (Lipinski definition) is 5. The van der Waals surface area contributed by atoms with Crippen LogP contribution in [0.15, 0.2) is 18.2 Å². The van der Waals surface area contributed by atoms with Crippen LogP contribution < -0.4 is 4.74 Å². The molecular weight excluding hydrogens is 328 g/mol. The first-order valence-electron chi connectivity index (χ1n) is 8.61. The molecule has 7 heteroatoms. The number of benzene rings is 1. The third-order valence-corrected chi connectivity index (χ3v) is 6.46. The molecule has 2 aliphatic rings. The van der Waals surface area contributed by atoms with Crippen LogP contribution in [0.4, 0.5) is 0 Å². The van der Waals surface area contributed by atoms with Gasteiger partial charge in [0.1, 0.15) is 12.4 Å². The van der Waals surface area contributed by atoms with E-state index in [1.807, 2.05) is 13.0 Å². The summed E-state index contributed by atoms with van der Waals surface area (Å²) < 4.78 is 37.5. The lowest BCUT2D eigenvalue weighted by Gasteiger charge is -2.27. The zero-order valence-corrected chi connectivity index (χ0v) is 15.1. The fraction of sp³-hybridized carbons (Fsp3) is 0.647. The number of rotatable bonds is 5. The maximum absolute atomic E-state index is 12.4. The average molecular weight is 354 g/mol. The van der Waals surface area contributed by atoms with E-state index in [4.69, 9.17) is 9.47 Å². The number of sulfonamides is 1. The standard InChI is InChI=1S/C17H26N2O4S/c1-2-11-24(20,21)19-7-10-23-17-4-3-15(12-16(17)14-19)13-18-5-8-22-9-6-18/h3-4,12H,2,5-11,13-14H2,1H3. The highest BCUT2D eigenvalue weighted by Gasteiger charge is 2.25. The second-order valence-corrected chi connectivity index (χ2v) is 8.42. The van der Waals surface area contributed by atoms with Gasteiger partial charge in [-0.05, 0) is 24.1 Å². The van der Waals surface area contributed by atoms with Crippen molar-refractivity contribution in [1.29, 1.82) is 0 Å². The summed E-state index contributed by atoms with van der Waals surface area (Å²) in [6.45, 7) is 7.38. The van der Waals surface area contributed by atoms with Gasteiger partial charge >= 0.3 is 0 Å². The van der Waals surface area contributed by atoms with Gasteiger partial charge < -0.3 is 9.47 Å². The highest BCUT2D eigenvalue weighted by molar-refractivity contribution is 7.89. The highest BCUT2D eigenvalue weighted by Crippen LogP contribution is 2.26. The number of morpholine rings is 1. The van der Waals surface area contributed by atoms with Crippen molar-refractivity contribution in [2.24, 2.45) is 0 Å². The van der Waals surface area contributed by atoms with Gasteiger partial charge in [0, 0.05) is 38.3 Å². The minimum atomic E-state index is -3.21. The van der Waals surface area contributed by atoms with E-state index in [1.54, 1.807) is 4.31 Å². The van der Waals surface area contributed by atoms with E-state index in [2.05, 4.69) is 17.0 Å². The van der Waals surface area contributed by atoms with Crippen LogP contribution in [-0.2, 0) is 27.8 Å². The van der Waals surface area contributed by atoms with Gasteiger partial charge in [-0.15, -0.1) is 0 Å². The molecule has 2 aliphatic heterocycles. The molecule has 1 aromatic rings. The second kappa shape index (κ2) is 7.82. The first-order chi connectivity index (χ1) is 11.6. The van der Waals surface area contributed by atoms with E-state index in [-0.39, 0.29) is 5.75 Å². The molecule has 3 rings (SSSR count). The Morgan fingerprint density at radius 2 is 1.92 bits per heavy atom. The molecule has 0 N–H and O–H groups in total. The van der Waals surface area contributed by atoms with Crippen molar-refractivity contribution < 1.29 is 17.9 Å². The van der Waals surface area contributed by atoms with Gasteiger partial charge in [-0.25, -0.2) is 8.42 Å². The summed E-state index contributed by atoms with van der Waals surface area (Å²) in [6.07, 6.45) is 0.629. The van der Waals surface area contributed by atoms with Gasteiger partial charge in [0.05, 0.1) is 19.0 Å². The van der Waals surface area contributed by atoms with E-state index in [9.17, 15) is 8.42 Å². The largest absolute Gasteiger partial charge is 0.492 e. The summed E-state index contributed by atoms with van der Waals surface area (Å²) >= 11 is 0. The van der Waals surface area contributed by atoms with Crippen LogP contribution in [0.2, 0.25) is 0 Å². The molecule has 2 heterocycles. The van der Waals surface area contributed by atoms with E-state index < -0.39 is 10.0 Å². The van der Waals surface area contributed by atoms with Crippen LogP contribution in [0.1, 0.15) is 24.5 Å². The molecule has 0 aromatic heterocycles. The van der Waals surface area contributed by atoms with Crippen LogP contribution in [-0.4, -0.2) is 62.8 Å². The fourth-order valence-electron chi connectivity index (χ4n) is 3.16. The molecule has 0 radical (unpaired) electrons. The van der Waals surface area contributed by atoms with Gasteiger partial charge in [-0.1, -0.05) is 13.0 Å². The molecule has 0 bridgehead atoms. The minimum Gasteiger partial charge on any atom is -0.492 e. The average Bonchev–Trinajstić information content (AvgIpc) is 2.78. The van der Waals surface area contributed by atoms with Crippen LogP contribution >= 0.6 is 0 Å². The molecule has 134 valence electrons. The number of nitrogens with zero attached hydrogens (tertiary/aromatic N) is 2. The lowest BCUT2D eigenvalue weighted by Crippen LogP contribution is -2.35. The minimum absolute atomic E-state index is 0.190. The summed E-state index contributed by atoms with van der Waals surface area (Å²) in [5.41, 5.74) is 2.15. The zero-order valence-electron chi connectivity index (χ0n) is 14.2. The second-order valence-electron chi connectivity index (χ2n) is 6.33. The van der Waals surface area contributed by atoms with Gasteiger partial charge in [0.25, 0.3) is 0 Å². The summed E-state index contributed by atoms with van der Waals surface area (Å²) in [5, 5.41) is 0. The van der Waals surface area contributed by atoms with Gasteiger partial charge in [-0.3, -0.25) is 4.90 Å². The Labute approximate surface area is 144 Å². The lowest BCUT2D eigenvalue weighted by atomic mass is 10.1. The molecule has 6 nitrogen and oxygen atoms in total. The molecule has 0 amide bonds. The maximum atomic E-state index is 12.4. The van der Waals surface area contributed by atoms with Crippen LogP contribution in [0.25, 0.3) is 0 Å². The highest BCUT2D eigenvalue weighted by atomic mass is 32.2. The molecular formula is C17H26N2O4S. The van der Waals surface area contributed by atoms with E-state index >= 15 is 0 Å². The first-order valence-corrected chi connectivity index (χ1v) is 10.2. The summed E-state index contributed by atoms with van der Waals surface area (Å²) in [4.78, 5) is 2.36. The topological polar surface area (TPSA) is 59.1 Å². The van der Waals surface area contributed by atoms with Crippen molar-refractivity contribution >= 4 is 10.0 Å². The van der Waals surface area contributed by atoms with Gasteiger partial charge in [0.15, 0.2) is 0 Å².